The Bertz CT molecular complexity index is 504. The smallest absolute Gasteiger partial charge is 0.185 e. The van der Waals surface area contributed by atoms with Crippen LogP contribution >= 0.6 is 12.2 Å². The van der Waals surface area contributed by atoms with Crippen molar-refractivity contribution in [2.24, 2.45) is 5.92 Å². The van der Waals surface area contributed by atoms with E-state index >= 15 is 0 Å². The van der Waals surface area contributed by atoms with Crippen molar-refractivity contribution in [2.45, 2.75) is 38.6 Å². The molecular weight excluding hydrogens is 286 g/mol. The molecule has 0 aliphatic heterocycles. The van der Waals surface area contributed by atoms with Crippen molar-refractivity contribution in [1.82, 2.24) is 10.7 Å². The average Bonchev–Trinajstić information content (AvgIpc) is 2.48. The molecule has 1 saturated carbocycles. The minimum atomic E-state index is -1.18. The normalized spacial score (nSPS) is 21.4. The second kappa shape index (κ2) is 7.26. The summed E-state index contributed by atoms with van der Waals surface area (Å²) in [5.74, 6) is -0.557. The SMILES string of the molecule is C[C@@H]1CCCC[C@H]1NC(=S)NNc1ccc(C(=O)[O-])cc1. The minimum Gasteiger partial charge on any atom is -0.545 e. The van der Waals surface area contributed by atoms with Gasteiger partial charge in [-0.3, -0.25) is 10.9 Å². The third-order valence-electron chi connectivity index (χ3n) is 3.87. The number of rotatable bonds is 4. The molecule has 1 aliphatic rings. The highest BCUT2D eigenvalue weighted by Crippen LogP contribution is 2.23. The number of aromatic carboxylic acids is 1. The number of carboxylic acids is 1. The summed E-state index contributed by atoms with van der Waals surface area (Å²) in [5, 5.41) is 14.5. The van der Waals surface area contributed by atoms with Crippen LogP contribution in [-0.4, -0.2) is 17.1 Å². The van der Waals surface area contributed by atoms with E-state index < -0.39 is 5.97 Å². The fourth-order valence-electron chi connectivity index (χ4n) is 2.55. The Morgan fingerprint density at radius 2 is 1.90 bits per heavy atom. The number of anilines is 1. The van der Waals surface area contributed by atoms with E-state index in [1.165, 1.54) is 31.4 Å². The number of carbonyl (C=O) groups is 1. The molecule has 0 amide bonds. The first-order valence-corrected chi connectivity index (χ1v) is 7.61. The summed E-state index contributed by atoms with van der Waals surface area (Å²) in [6.45, 7) is 2.24. The molecule has 1 aliphatic carbocycles. The number of hydrogen-bond donors (Lipinski definition) is 3. The van der Waals surface area contributed by atoms with Crippen LogP contribution in [-0.2, 0) is 0 Å². The minimum absolute atomic E-state index is 0.150. The molecule has 0 heterocycles. The molecule has 0 saturated heterocycles. The van der Waals surface area contributed by atoms with Gasteiger partial charge in [0.05, 0.1) is 11.7 Å². The van der Waals surface area contributed by atoms with Crippen molar-refractivity contribution in [2.75, 3.05) is 5.43 Å². The van der Waals surface area contributed by atoms with Gasteiger partial charge < -0.3 is 15.2 Å². The van der Waals surface area contributed by atoms with Gasteiger partial charge in [-0.1, -0.05) is 31.9 Å². The lowest BCUT2D eigenvalue weighted by Gasteiger charge is -2.30. The van der Waals surface area contributed by atoms with Crippen LogP contribution in [0.5, 0.6) is 0 Å². The Hall–Kier alpha value is -1.82. The molecule has 0 bridgehead atoms. The summed E-state index contributed by atoms with van der Waals surface area (Å²) in [7, 11) is 0. The van der Waals surface area contributed by atoms with Gasteiger partial charge in [0.1, 0.15) is 0 Å². The van der Waals surface area contributed by atoms with Gasteiger partial charge in [0.25, 0.3) is 0 Å². The van der Waals surface area contributed by atoms with Gasteiger partial charge in [0, 0.05) is 6.04 Å². The molecule has 6 heteroatoms. The summed E-state index contributed by atoms with van der Waals surface area (Å²) >= 11 is 5.27. The van der Waals surface area contributed by atoms with Crippen molar-refractivity contribution in [3.8, 4) is 0 Å². The zero-order valence-corrected chi connectivity index (χ0v) is 12.8. The number of hydrazine groups is 1. The van der Waals surface area contributed by atoms with Gasteiger partial charge in [0.2, 0.25) is 0 Å². The summed E-state index contributed by atoms with van der Waals surface area (Å²) in [6, 6.07) is 6.70. The van der Waals surface area contributed by atoms with Crippen LogP contribution in [0.3, 0.4) is 0 Å². The molecule has 2 atom stereocenters. The number of benzene rings is 1. The van der Waals surface area contributed by atoms with E-state index in [0.717, 1.165) is 12.1 Å². The van der Waals surface area contributed by atoms with E-state index in [-0.39, 0.29) is 5.56 Å². The molecule has 0 unspecified atom stereocenters. The number of thiocarbonyl (C=S) groups is 1. The molecule has 114 valence electrons. The zero-order chi connectivity index (χ0) is 15.2. The lowest BCUT2D eigenvalue weighted by molar-refractivity contribution is -0.255. The first-order chi connectivity index (χ1) is 10.1. The first kappa shape index (κ1) is 15.6. The largest absolute Gasteiger partial charge is 0.545 e. The highest BCUT2D eigenvalue weighted by Gasteiger charge is 2.21. The molecule has 0 spiro atoms. The van der Waals surface area contributed by atoms with Gasteiger partial charge in [0.15, 0.2) is 5.11 Å². The highest BCUT2D eigenvalue weighted by atomic mass is 32.1. The zero-order valence-electron chi connectivity index (χ0n) is 12.0. The molecule has 1 fully saturated rings. The van der Waals surface area contributed by atoms with Crippen LogP contribution < -0.4 is 21.3 Å². The third kappa shape index (κ3) is 4.60. The van der Waals surface area contributed by atoms with Crippen molar-refractivity contribution in [3.63, 3.8) is 0 Å². The molecule has 0 radical (unpaired) electrons. The van der Waals surface area contributed by atoms with Gasteiger partial charge in [-0.05, 0) is 48.7 Å². The third-order valence-corrected chi connectivity index (χ3v) is 4.09. The quantitative estimate of drug-likeness (QED) is 0.577. The Morgan fingerprint density at radius 3 is 2.52 bits per heavy atom. The van der Waals surface area contributed by atoms with Crippen LogP contribution in [0.25, 0.3) is 0 Å². The van der Waals surface area contributed by atoms with E-state index in [9.17, 15) is 9.90 Å². The monoisotopic (exact) mass is 306 g/mol. The molecule has 3 N–H and O–H groups in total. The van der Waals surface area contributed by atoms with E-state index in [2.05, 4.69) is 23.1 Å². The summed E-state index contributed by atoms with van der Waals surface area (Å²) in [4.78, 5) is 10.7. The number of hydrogen-bond acceptors (Lipinski definition) is 4. The number of nitrogens with one attached hydrogen (secondary N) is 3. The first-order valence-electron chi connectivity index (χ1n) is 7.20. The maximum absolute atomic E-state index is 10.7. The molecule has 1 aromatic carbocycles. The van der Waals surface area contributed by atoms with Crippen LogP contribution in [0, 0.1) is 5.92 Å². The molecule has 0 aromatic heterocycles. The fourth-order valence-corrected chi connectivity index (χ4v) is 2.76. The average molecular weight is 306 g/mol. The second-order valence-electron chi connectivity index (χ2n) is 5.46. The Balaban J connectivity index is 1.79. The Morgan fingerprint density at radius 1 is 1.24 bits per heavy atom. The van der Waals surface area contributed by atoms with E-state index in [0.29, 0.717) is 17.1 Å². The summed E-state index contributed by atoms with van der Waals surface area (Å²) < 4.78 is 0. The molecule has 1 aromatic rings. The van der Waals surface area contributed by atoms with Crippen molar-refractivity contribution in [3.05, 3.63) is 29.8 Å². The van der Waals surface area contributed by atoms with Crippen molar-refractivity contribution in [1.29, 1.82) is 0 Å². The predicted molar refractivity (Wildman–Crippen MR) is 84.7 cm³/mol. The van der Waals surface area contributed by atoms with Crippen LogP contribution in [0.4, 0.5) is 5.69 Å². The summed E-state index contributed by atoms with van der Waals surface area (Å²) in [6.07, 6.45) is 4.91. The highest BCUT2D eigenvalue weighted by molar-refractivity contribution is 7.80. The van der Waals surface area contributed by atoms with Crippen LogP contribution in [0.1, 0.15) is 43.0 Å². The lowest BCUT2D eigenvalue weighted by atomic mass is 9.86. The fraction of sp³-hybridized carbons (Fsp3) is 0.467. The topological polar surface area (TPSA) is 76.2 Å². The molecule has 21 heavy (non-hydrogen) atoms. The molecule has 2 rings (SSSR count). The second-order valence-corrected chi connectivity index (χ2v) is 5.86. The number of carboxylic acid groups (broad SMARTS) is 1. The van der Waals surface area contributed by atoms with E-state index in [1.54, 1.807) is 12.1 Å². The van der Waals surface area contributed by atoms with Gasteiger partial charge >= 0.3 is 0 Å². The van der Waals surface area contributed by atoms with Crippen LogP contribution in [0.2, 0.25) is 0 Å². The van der Waals surface area contributed by atoms with Gasteiger partial charge in [-0.2, -0.15) is 0 Å². The van der Waals surface area contributed by atoms with Gasteiger partial charge in [-0.25, -0.2) is 0 Å². The van der Waals surface area contributed by atoms with E-state index in [1.807, 2.05) is 0 Å². The standard InChI is InChI=1S/C15H21N3O2S/c1-10-4-2-3-5-13(10)16-15(21)18-17-12-8-6-11(7-9-12)14(19)20/h6-10,13,17H,2-5H2,1H3,(H,19,20)(H2,16,18,21)/p-1/t10-,13-/m1/s1. The predicted octanol–water partition coefficient (Wildman–Crippen LogP) is 1.42. The molecular formula is C15H20N3O2S-. The van der Waals surface area contributed by atoms with Crippen LogP contribution in [0.15, 0.2) is 24.3 Å². The Labute approximate surface area is 130 Å². The van der Waals surface area contributed by atoms with Crippen molar-refractivity contribution >= 4 is 29.0 Å². The maximum Gasteiger partial charge on any atom is 0.185 e. The Kier molecular flexibility index (Phi) is 5.38. The number of carbonyl (C=O) groups excluding carboxylic acids is 1. The lowest BCUT2D eigenvalue weighted by Crippen LogP contribution is -2.47. The summed E-state index contributed by atoms with van der Waals surface area (Å²) in [5.41, 5.74) is 6.76. The van der Waals surface area contributed by atoms with Crippen molar-refractivity contribution < 1.29 is 9.90 Å². The maximum atomic E-state index is 10.7. The van der Waals surface area contributed by atoms with Gasteiger partial charge in [-0.15, -0.1) is 0 Å². The van der Waals surface area contributed by atoms with E-state index in [4.69, 9.17) is 12.2 Å². The molecule has 5 nitrogen and oxygen atoms in total.